The van der Waals surface area contributed by atoms with Crippen LogP contribution in [0.2, 0.25) is 0 Å². The maximum absolute atomic E-state index is 8.93. The van der Waals surface area contributed by atoms with Gasteiger partial charge in [-0.15, -0.1) is 0 Å². The van der Waals surface area contributed by atoms with Gasteiger partial charge in [-0.2, -0.15) is 0 Å². The second-order valence-corrected chi connectivity index (χ2v) is 4.09. The minimum atomic E-state index is 0.306. The number of aliphatic hydroxyl groups excluding tert-OH is 1. The molecule has 0 bridgehead atoms. The Balaban J connectivity index is 2.20. The van der Waals surface area contributed by atoms with Crippen LogP contribution in [0, 0.1) is 5.92 Å². The quantitative estimate of drug-likeness (QED) is 0.768. The molecule has 1 aliphatic rings. The molecule has 0 spiro atoms. The predicted octanol–water partition coefficient (Wildman–Crippen LogP) is 1.68. The molecule has 2 heteroatoms. The van der Waals surface area contributed by atoms with E-state index in [0.717, 1.165) is 19.4 Å². The second-order valence-electron chi connectivity index (χ2n) is 4.09. The van der Waals surface area contributed by atoms with Gasteiger partial charge >= 0.3 is 0 Å². The minimum absolute atomic E-state index is 0.306. The van der Waals surface area contributed by atoms with Crippen LogP contribution in [0.15, 0.2) is 24.3 Å². The van der Waals surface area contributed by atoms with Crippen molar-refractivity contribution in [1.82, 2.24) is 0 Å². The van der Waals surface area contributed by atoms with Gasteiger partial charge in [0.25, 0.3) is 0 Å². The van der Waals surface area contributed by atoms with E-state index in [9.17, 15) is 0 Å². The number of benzene rings is 1. The van der Waals surface area contributed by atoms with Crippen LogP contribution in [0.4, 0.5) is 5.69 Å². The van der Waals surface area contributed by atoms with Gasteiger partial charge in [0.05, 0.1) is 0 Å². The molecule has 1 atom stereocenters. The lowest BCUT2D eigenvalue weighted by Crippen LogP contribution is -2.32. The Morgan fingerprint density at radius 3 is 3.00 bits per heavy atom. The fourth-order valence-corrected chi connectivity index (χ4v) is 2.29. The summed E-state index contributed by atoms with van der Waals surface area (Å²) in [6.07, 6.45) is 2.03. The summed E-state index contributed by atoms with van der Waals surface area (Å²) in [6, 6.07) is 8.54. The number of rotatable bonds is 2. The average Bonchev–Trinajstić information content (AvgIpc) is 2.18. The Morgan fingerprint density at radius 2 is 2.21 bits per heavy atom. The number of fused-ring (bicyclic) bond motifs is 1. The van der Waals surface area contributed by atoms with E-state index >= 15 is 0 Å². The fraction of sp³-hybridized carbons (Fsp3) is 0.500. The van der Waals surface area contributed by atoms with Crippen LogP contribution in [-0.4, -0.2) is 25.3 Å². The van der Waals surface area contributed by atoms with Crippen molar-refractivity contribution in [3.05, 3.63) is 29.8 Å². The highest BCUT2D eigenvalue weighted by Crippen LogP contribution is 2.29. The zero-order valence-corrected chi connectivity index (χ0v) is 8.61. The van der Waals surface area contributed by atoms with Crippen molar-refractivity contribution in [2.45, 2.75) is 12.8 Å². The van der Waals surface area contributed by atoms with Gasteiger partial charge in [0, 0.05) is 25.9 Å². The lowest BCUT2D eigenvalue weighted by molar-refractivity contribution is 0.255. The highest BCUT2D eigenvalue weighted by Gasteiger charge is 2.20. The second kappa shape index (κ2) is 4.01. The van der Waals surface area contributed by atoms with Crippen molar-refractivity contribution < 1.29 is 5.11 Å². The molecule has 2 nitrogen and oxygen atoms in total. The van der Waals surface area contributed by atoms with Gasteiger partial charge in [-0.25, -0.2) is 0 Å². The van der Waals surface area contributed by atoms with Gasteiger partial charge in [0.15, 0.2) is 0 Å². The average molecular weight is 191 g/mol. The molecule has 0 aromatic heterocycles. The topological polar surface area (TPSA) is 23.5 Å². The Kier molecular flexibility index (Phi) is 2.73. The predicted molar refractivity (Wildman–Crippen MR) is 58.6 cm³/mol. The van der Waals surface area contributed by atoms with E-state index in [4.69, 9.17) is 5.11 Å². The number of aliphatic hydroxyl groups is 1. The summed E-state index contributed by atoms with van der Waals surface area (Å²) in [7, 11) is 2.13. The summed E-state index contributed by atoms with van der Waals surface area (Å²) in [5.41, 5.74) is 2.77. The van der Waals surface area contributed by atoms with Crippen molar-refractivity contribution in [1.29, 1.82) is 0 Å². The molecule has 1 heterocycles. The third-order valence-corrected chi connectivity index (χ3v) is 2.98. The summed E-state index contributed by atoms with van der Waals surface area (Å²) >= 11 is 0. The molecule has 1 aliphatic heterocycles. The number of para-hydroxylation sites is 1. The normalized spacial score (nSPS) is 20.7. The van der Waals surface area contributed by atoms with E-state index in [-0.39, 0.29) is 0 Å². The van der Waals surface area contributed by atoms with E-state index < -0.39 is 0 Å². The number of hydrogen-bond acceptors (Lipinski definition) is 2. The Bertz CT molecular complexity index is 311. The Morgan fingerprint density at radius 1 is 1.43 bits per heavy atom. The van der Waals surface area contributed by atoms with Crippen molar-refractivity contribution in [3.8, 4) is 0 Å². The SMILES string of the molecule is CN1CC(CCO)Cc2ccccc21. The first-order valence-corrected chi connectivity index (χ1v) is 5.21. The maximum Gasteiger partial charge on any atom is 0.0434 e. The highest BCUT2D eigenvalue weighted by atomic mass is 16.3. The van der Waals surface area contributed by atoms with E-state index in [1.807, 2.05) is 0 Å². The fourth-order valence-electron chi connectivity index (χ4n) is 2.29. The van der Waals surface area contributed by atoms with Crippen LogP contribution in [-0.2, 0) is 6.42 Å². The molecule has 2 rings (SSSR count). The molecule has 0 saturated carbocycles. The molecule has 76 valence electrons. The molecule has 0 fully saturated rings. The Labute approximate surface area is 85.2 Å². The molecule has 1 N–H and O–H groups in total. The van der Waals surface area contributed by atoms with Crippen molar-refractivity contribution >= 4 is 5.69 Å². The van der Waals surface area contributed by atoms with Crippen LogP contribution in [0.25, 0.3) is 0 Å². The zero-order chi connectivity index (χ0) is 9.97. The standard InChI is InChI=1S/C12H17NO/c1-13-9-10(6-7-14)8-11-4-2-3-5-12(11)13/h2-5,10,14H,6-9H2,1H3. The first-order valence-electron chi connectivity index (χ1n) is 5.21. The van der Waals surface area contributed by atoms with Crippen LogP contribution < -0.4 is 4.90 Å². The smallest absolute Gasteiger partial charge is 0.0434 e. The summed E-state index contributed by atoms with van der Waals surface area (Å²) in [5, 5.41) is 8.93. The van der Waals surface area contributed by atoms with Crippen LogP contribution in [0.1, 0.15) is 12.0 Å². The Hall–Kier alpha value is -1.02. The molecule has 0 saturated heterocycles. The number of nitrogens with zero attached hydrogens (tertiary/aromatic N) is 1. The van der Waals surface area contributed by atoms with Crippen molar-refractivity contribution in [2.24, 2.45) is 5.92 Å². The molecule has 0 radical (unpaired) electrons. The number of anilines is 1. The van der Waals surface area contributed by atoms with E-state index in [1.165, 1.54) is 11.3 Å². The van der Waals surface area contributed by atoms with Gasteiger partial charge in [-0.1, -0.05) is 18.2 Å². The van der Waals surface area contributed by atoms with Crippen LogP contribution in [0.5, 0.6) is 0 Å². The van der Waals surface area contributed by atoms with Gasteiger partial charge in [-0.05, 0) is 30.4 Å². The molecular weight excluding hydrogens is 174 g/mol. The lowest BCUT2D eigenvalue weighted by Gasteiger charge is -2.33. The molecular formula is C12H17NO. The summed E-state index contributed by atoms with van der Waals surface area (Å²) < 4.78 is 0. The van der Waals surface area contributed by atoms with Crippen LogP contribution in [0.3, 0.4) is 0 Å². The summed E-state index contributed by atoms with van der Waals surface area (Å²) in [4.78, 5) is 2.29. The highest BCUT2D eigenvalue weighted by molar-refractivity contribution is 5.55. The van der Waals surface area contributed by atoms with Crippen LogP contribution >= 0.6 is 0 Å². The van der Waals surface area contributed by atoms with E-state index in [0.29, 0.717) is 12.5 Å². The third kappa shape index (κ3) is 1.75. The van der Waals surface area contributed by atoms with Gasteiger partial charge in [0.2, 0.25) is 0 Å². The zero-order valence-electron chi connectivity index (χ0n) is 8.61. The lowest BCUT2D eigenvalue weighted by atomic mass is 9.91. The molecule has 0 aliphatic carbocycles. The molecule has 1 aromatic carbocycles. The van der Waals surface area contributed by atoms with Gasteiger partial charge < -0.3 is 10.0 Å². The summed E-state index contributed by atoms with van der Waals surface area (Å²) in [5.74, 6) is 0.611. The minimum Gasteiger partial charge on any atom is -0.396 e. The van der Waals surface area contributed by atoms with Crippen molar-refractivity contribution in [3.63, 3.8) is 0 Å². The first-order chi connectivity index (χ1) is 6.81. The van der Waals surface area contributed by atoms with Gasteiger partial charge in [-0.3, -0.25) is 0 Å². The number of hydrogen-bond donors (Lipinski definition) is 1. The van der Waals surface area contributed by atoms with E-state index in [1.54, 1.807) is 0 Å². The largest absolute Gasteiger partial charge is 0.396 e. The molecule has 1 unspecified atom stereocenters. The molecule has 1 aromatic rings. The monoisotopic (exact) mass is 191 g/mol. The third-order valence-electron chi connectivity index (χ3n) is 2.98. The van der Waals surface area contributed by atoms with Gasteiger partial charge in [0.1, 0.15) is 0 Å². The maximum atomic E-state index is 8.93. The summed E-state index contributed by atoms with van der Waals surface area (Å²) in [6.45, 7) is 1.37. The van der Waals surface area contributed by atoms with E-state index in [2.05, 4.69) is 36.2 Å². The first kappa shape index (κ1) is 9.53. The van der Waals surface area contributed by atoms with Crippen molar-refractivity contribution in [2.75, 3.05) is 25.1 Å². The molecule has 14 heavy (non-hydrogen) atoms. The molecule has 0 amide bonds.